The Balaban J connectivity index is 2.13. The summed E-state index contributed by atoms with van der Waals surface area (Å²) in [4.78, 5) is 4.31. The Morgan fingerprint density at radius 1 is 1.29 bits per heavy atom. The van der Waals surface area contributed by atoms with Crippen molar-refractivity contribution in [2.75, 3.05) is 5.32 Å². The van der Waals surface area contributed by atoms with Gasteiger partial charge in [0.05, 0.1) is 0 Å². The van der Waals surface area contributed by atoms with Crippen molar-refractivity contribution in [3.8, 4) is 0 Å². The Morgan fingerprint density at radius 2 is 2.00 bits per heavy atom. The van der Waals surface area contributed by atoms with Gasteiger partial charge in [0, 0.05) is 29.6 Å². The van der Waals surface area contributed by atoms with E-state index in [0.717, 1.165) is 23.2 Å². The van der Waals surface area contributed by atoms with Crippen molar-refractivity contribution < 1.29 is 0 Å². The van der Waals surface area contributed by atoms with Gasteiger partial charge in [-0.15, -0.1) is 0 Å². The van der Waals surface area contributed by atoms with Crippen molar-refractivity contribution in [2.24, 2.45) is 5.92 Å². The minimum Gasteiger partial charge on any atom is -0.326 e. The molecule has 0 saturated heterocycles. The first-order valence-electron chi connectivity index (χ1n) is 5.69. The van der Waals surface area contributed by atoms with Crippen LogP contribution in [-0.4, -0.2) is 9.55 Å². The quantitative estimate of drug-likeness (QED) is 0.890. The zero-order chi connectivity index (χ0) is 12.3. The second-order valence-corrected chi connectivity index (χ2v) is 4.87. The van der Waals surface area contributed by atoms with Gasteiger partial charge in [0.15, 0.2) is 0 Å². The van der Waals surface area contributed by atoms with Gasteiger partial charge in [-0.05, 0) is 30.2 Å². The zero-order valence-corrected chi connectivity index (χ0v) is 10.8. The average Bonchev–Trinajstić information content (AvgIpc) is 2.68. The highest BCUT2D eigenvalue weighted by Gasteiger charge is 2.04. The molecule has 0 aliphatic rings. The number of aromatic nitrogens is 2. The second-order valence-electron chi connectivity index (χ2n) is 4.43. The molecule has 3 nitrogen and oxygen atoms in total. The third kappa shape index (κ3) is 3.24. The number of nitrogens with zero attached hydrogens (tertiary/aromatic N) is 2. The molecule has 0 aliphatic carbocycles. The molecule has 1 aromatic heterocycles. The van der Waals surface area contributed by atoms with Crippen LogP contribution in [0, 0.1) is 5.92 Å². The molecule has 1 aromatic carbocycles. The molecule has 2 aromatic rings. The summed E-state index contributed by atoms with van der Waals surface area (Å²) in [6.45, 7) is 5.33. The fourth-order valence-corrected chi connectivity index (χ4v) is 1.76. The topological polar surface area (TPSA) is 29.9 Å². The molecule has 0 bridgehead atoms. The maximum atomic E-state index is 5.85. The van der Waals surface area contributed by atoms with E-state index in [1.54, 1.807) is 6.20 Å². The lowest BCUT2D eigenvalue weighted by atomic mass is 10.2. The lowest BCUT2D eigenvalue weighted by molar-refractivity contribution is 0.527. The summed E-state index contributed by atoms with van der Waals surface area (Å²) >= 11 is 5.85. The van der Waals surface area contributed by atoms with Gasteiger partial charge in [0.2, 0.25) is 5.95 Å². The highest BCUT2D eigenvalue weighted by Crippen LogP contribution is 2.18. The van der Waals surface area contributed by atoms with Gasteiger partial charge in [0.25, 0.3) is 0 Å². The molecule has 17 heavy (non-hydrogen) atoms. The number of anilines is 2. The van der Waals surface area contributed by atoms with Crippen LogP contribution >= 0.6 is 11.6 Å². The summed E-state index contributed by atoms with van der Waals surface area (Å²) in [5.41, 5.74) is 0.991. The Hall–Kier alpha value is -1.48. The molecular weight excluding hydrogens is 234 g/mol. The first-order valence-corrected chi connectivity index (χ1v) is 6.06. The van der Waals surface area contributed by atoms with Crippen LogP contribution in [0.4, 0.5) is 11.6 Å². The van der Waals surface area contributed by atoms with E-state index in [4.69, 9.17) is 11.6 Å². The Bertz CT molecular complexity index is 474. The minimum atomic E-state index is 0.593. The monoisotopic (exact) mass is 249 g/mol. The van der Waals surface area contributed by atoms with Gasteiger partial charge in [-0.1, -0.05) is 25.4 Å². The highest BCUT2D eigenvalue weighted by atomic mass is 35.5. The number of hydrogen-bond donors (Lipinski definition) is 1. The van der Waals surface area contributed by atoms with Crippen LogP contribution < -0.4 is 5.32 Å². The van der Waals surface area contributed by atoms with Gasteiger partial charge in [-0.25, -0.2) is 4.98 Å². The van der Waals surface area contributed by atoms with Gasteiger partial charge in [-0.3, -0.25) is 0 Å². The van der Waals surface area contributed by atoms with Crippen LogP contribution in [0.15, 0.2) is 36.7 Å². The minimum absolute atomic E-state index is 0.593. The van der Waals surface area contributed by atoms with Gasteiger partial charge < -0.3 is 9.88 Å². The van der Waals surface area contributed by atoms with Crippen LogP contribution in [-0.2, 0) is 6.54 Å². The Labute approximate surface area is 106 Å². The van der Waals surface area contributed by atoms with E-state index in [9.17, 15) is 0 Å². The predicted octanol–water partition coefficient (Wildman–Crippen LogP) is 3.94. The van der Waals surface area contributed by atoms with E-state index < -0.39 is 0 Å². The lowest BCUT2D eigenvalue weighted by Crippen LogP contribution is -2.07. The normalized spacial score (nSPS) is 10.8. The third-order valence-corrected chi connectivity index (χ3v) is 2.63. The number of hydrogen-bond acceptors (Lipinski definition) is 2. The van der Waals surface area contributed by atoms with Crippen LogP contribution in [0.1, 0.15) is 13.8 Å². The molecule has 0 unspecified atom stereocenters. The summed E-state index contributed by atoms with van der Waals surface area (Å²) < 4.78 is 2.11. The molecule has 0 fully saturated rings. The summed E-state index contributed by atoms with van der Waals surface area (Å²) in [5.74, 6) is 1.45. The molecule has 0 atom stereocenters. The van der Waals surface area contributed by atoms with E-state index in [2.05, 4.69) is 28.7 Å². The average molecular weight is 250 g/mol. The fraction of sp³-hybridized carbons (Fsp3) is 0.308. The van der Waals surface area contributed by atoms with Crippen molar-refractivity contribution >= 4 is 23.2 Å². The van der Waals surface area contributed by atoms with Crippen molar-refractivity contribution in [3.63, 3.8) is 0 Å². The van der Waals surface area contributed by atoms with Gasteiger partial charge in [-0.2, -0.15) is 0 Å². The van der Waals surface area contributed by atoms with E-state index >= 15 is 0 Å². The highest BCUT2D eigenvalue weighted by molar-refractivity contribution is 6.30. The standard InChI is InChI=1S/C13H16ClN3/c1-10(2)9-17-8-7-15-13(17)16-12-5-3-11(14)4-6-12/h3-8,10H,9H2,1-2H3,(H,15,16). The van der Waals surface area contributed by atoms with Gasteiger partial charge >= 0.3 is 0 Å². The summed E-state index contributed by atoms with van der Waals surface area (Å²) in [6, 6.07) is 7.60. The van der Waals surface area contributed by atoms with Crippen LogP contribution in [0.25, 0.3) is 0 Å². The van der Waals surface area contributed by atoms with Crippen LogP contribution in [0.3, 0.4) is 0 Å². The zero-order valence-electron chi connectivity index (χ0n) is 10.0. The number of rotatable bonds is 4. The molecule has 0 amide bonds. The van der Waals surface area contributed by atoms with E-state index in [-0.39, 0.29) is 0 Å². The SMILES string of the molecule is CC(C)Cn1ccnc1Nc1ccc(Cl)cc1. The number of halogens is 1. The summed E-state index contributed by atoms with van der Waals surface area (Å²) in [5, 5.41) is 4.02. The van der Waals surface area contributed by atoms with Crippen molar-refractivity contribution in [2.45, 2.75) is 20.4 Å². The van der Waals surface area contributed by atoms with E-state index in [0.29, 0.717) is 5.92 Å². The molecule has 0 spiro atoms. The molecule has 1 N–H and O–H groups in total. The Kier molecular flexibility index (Phi) is 3.69. The lowest BCUT2D eigenvalue weighted by Gasteiger charge is -2.11. The maximum Gasteiger partial charge on any atom is 0.207 e. The molecular formula is C13H16ClN3. The second kappa shape index (κ2) is 5.23. The van der Waals surface area contributed by atoms with Crippen LogP contribution in [0.5, 0.6) is 0 Å². The van der Waals surface area contributed by atoms with Crippen LogP contribution in [0.2, 0.25) is 5.02 Å². The molecule has 90 valence electrons. The Morgan fingerprint density at radius 3 is 2.65 bits per heavy atom. The van der Waals surface area contributed by atoms with E-state index in [1.807, 2.05) is 30.5 Å². The summed E-state index contributed by atoms with van der Waals surface area (Å²) in [6.07, 6.45) is 3.79. The smallest absolute Gasteiger partial charge is 0.207 e. The fourth-order valence-electron chi connectivity index (χ4n) is 1.64. The third-order valence-electron chi connectivity index (χ3n) is 2.38. The summed E-state index contributed by atoms with van der Waals surface area (Å²) in [7, 11) is 0. The maximum absolute atomic E-state index is 5.85. The van der Waals surface area contributed by atoms with E-state index in [1.165, 1.54) is 0 Å². The molecule has 2 rings (SSSR count). The number of benzene rings is 1. The first kappa shape index (κ1) is 12.0. The van der Waals surface area contributed by atoms with Crippen molar-refractivity contribution in [1.82, 2.24) is 9.55 Å². The molecule has 0 saturated carbocycles. The number of imidazole rings is 1. The van der Waals surface area contributed by atoms with Gasteiger partial charge in [0.1, 0.15) is 0 Å². The number of nitrogens with one attached hydrogen (secondary N) is 1. The largest absolute Gasteiger partial charge is 0.326 e. The van der Waals surface area contributed by atoms with Crippen molar-refractivity contribution in [3.05, 3.63) is 41.7 Å². The first-order chi connectivity index (χ1) is 8.15. The molecule has 4 heteroatoms. The van der Waals surface area contributed by atoms with Crippen molar-refractivity contribution in [1.29, 1.82) is 0 Å². The molecule has 0 aliphatic heterocycles. The molecule has 1 heterocycles. The predicted molar refractivity (Wildman–Crippen MR) is 71.8 cm³/mol. The molecule has 0 radical (unpaired) electrons.